The van der Waals surface area contributed by atoms with Crippen LogP contribution in [0.3, 0.4) is 0 Å². The number of hydrogen-bond donors (Lipinski definition) is 3. The monoisotopic (exact) mass is 606 g/mol. The van der Waals surface area contributed by atoms with Crippen LogP contribution in [0.25, 0.3) is 0 Å². The number of halogens is 3. The van der Waals surface area contributed by atoms with Crippen LogP contribution in [-0.2, 0) is 23.9 Å². The number of nitrogens with one attached hydrogen (secondary N) is 2. The summed E-state index contributed by atoms with van der Waals surface area (Å²) in [5, 5.41) is 4.26. The molecular weight excluding hydrogens is 586 g/mol. The Kier molecular flexibility index (Phi) is 9.60. The third-order valence-corrected chi connectivity index (χ3v) is 6.39. The van der Waals surface area contributed by atoms with Crippen LogP contribution in [0.15, 0.2) is 36.4 Å². The summed E-state index contributed by atoms with van der Waals surface area (Å²) in [6.07, 6.45) is 1.11. The average Bonchev–Trinajstić information content (AvgIpc) is 3.35. The lowest BCUT2D eigenvalue weighted by Gasteiger charge is -2.27. The molecule has 2 unspecified atom stereocenters. The number of rotatable bonds is 1. The van der Waals surface area contributed by atoms with E-state index in [0.29, 0.717) is 12.8 Å². The van der Waals surface area contributed by atoms with Crippen LogP contribution >= 0.6 is 0 Å². The molecule has 2 fully saturated rings. The molecule has 0 bridgehead atoms. The molecule has 4 heterocycles. The summed E-state index contributed by atoms with van der Waals surface area (Å²) in [4.78, 5) is 90.6. The van der Waals surface area contributed by atoms with E-state index in [1.54, 1.807) is 0 Å². The second kappa shape index (κ2) is 12.7. The van der Waals surface area contributed by atoms with Gasteiger partial charge in [-0.2, -0.15) is 0 Å². The standard InChI is InChI=1S/C13H9FN2O4.C8H3FO3.C5H8N2O2.ClH/c14-7-3-1-2-6-10(7)13(20)16(12(6)19)8-4-5-9(17)15-11(8)18;9-5-3-1-2-4-6(5)8(11)12-7(4)10;6-3-1-2-4(8)7-5(3)9;/h1-3,8H,4-5H2,(H,15,17,18);1-3H;3H,1-2,6H2,(H,7,8,9);1H. The zero-order chi connectivity index (χ0) is 30.0. The van der Waals surface area contributed by atoms with Crippen LogP contribution in [0.1, 0.15) is 67.1 Å². The topological polar surface area (TPSA) is 201 Å². The molecule has 0 aliphatic carbocycles. The van der Waals surface area contributed by atoms with E-state index in [1.807, 2.05) is 0 Å². The molecule has 13 nitrogen and oxygen atoms in total. The lowest BCUT2D eigenvalue weighted by molar-refractivity contribution is -0.405. The molecule has 2 atom stereocenters. The summed E-state index contributed by atoms with van der Waals surface area (Å²) in [6, 6.07) is 6.26. The van der Waals surface area contributed by atoms with Crippen molar-refractivity contribution in [1.29, 1.82) is 0 Å². The molecule has 220 valence electrons. The fourth-order valence-electron chi connectivity index (χ4n) is 4.30. The first kappa shape index (κ1) is 31.6. The van der Waals surface area contributed by atoms with Crippen LogP contribution in [0.2, 0.25) is 0 Å². The molecule has 16 heteroatoms. The van der Waals surface area contributed by atoms with E-state index in [9.17, 15) is 47.1 Å². The Hall–Kier alpha value is -4.89. The number of nitrogens with zero attached hydrogens (tertiary/aromatic N) is 1. The van der Waals surface area contributed by atoms with E-state index in [1.165, 1.54) is 24.3 Å². The molecule has 0 aromatic heterocycles. The van der Waals surface area contributed by atoms with Gasteiger partial charge in [0.25, 0.3) is 17.7 Å². The minimum Gasteiger partial charge on any atom is -1.00 e. The number of quaternary nitrogens is 1. The van der Waals surface area contributed by atoms with Gasteiger partial charge in [0.15, 0.2) is 6.04 Å². The number of benzene rings is 2. The maximum atomic E-state index is 13.7. The first-order chi connectivity index (χ1) is 19.4. The molecule has 42 heavy (non-hydrogen) atoms. The van der Waals surface area contributed by atoms with Gasteiger partial charge in [-0.05, 0) is 30.7 Å². The Morgan fingerprint density at radius 2 is 1.26 bits per heavy atom. The number of imide groups is 3. The van der Waals surface area contributed by atoms with E-state index in [4.69, 9.17) is 0 Å². The summed E-state index contributed by atoms with van der Waals surface area (Å²) < 4.78 is 30.7. The number of carbonyl (C=O) groups excluding carboxylic acids is 8. The van der Waals surface area contributed by atoms with E-state index < -0.39 is 53.2 Å². The van der Waals surface area contributed by atoms with Crippen molar-refractivity contribution in [3.8, 4) is 0 Å². The Morgan fingerprint density at radius 3 is 1.79 bits per heavy atom. The highest BCUT2D eigenvalue weighted by Gasteiger charge is 2.45. The number of hydrogen-bond acceptors (Lipinski definition) is 9. The van der Waals surface area contributed by atoms with Crippen LogP contribution in [0.4, 0.5) is 8.78 Å². The Bertz CT molecular complexity index is 1550. The van der Waals surface area contributed by atoms with E-state index in [2.05, 4.69) is 21.1 Å². The van der Waals surface area contributed by atoms with Gasteiger partial charge in [-0.3, -0.25) is 44.3 Å². The molecule has 4 aliphatic rings. The number of fused-ring (bicyclic) bond motifs is 2. The summed E-state index contributed by atoms with van der Waals surface area (Å²) in [7, 11) is 0. The second-order valence-corrected chi connectivity index (χ2v) is 9.10. The van der Waals surface area contributed by atoms with Gasteiger partial charge >= 0.3 is 11.9 Å². The number of cyclic esters (lactones) is 2. The third-order valence-electron chi connectivity index (χ3n) is 6.39. The highest BCUT2D eigenvalue weighted by atomic mass is 35.5. The normalized spacial score (nSPS) is 20.6. The number of amides is 6. The van der Waals surface area contributed by atoms with Crippen molar-refractivity contribution >= 4 is 47.4 Å². The molecule has 6 amide bonds. The second-order valence-electron chi connectivity index (χ2n) is 9.10. The summed E-state index contributed by atoms with van der Waals surface area (Å²) in [6.45, 7) is 0. The van der Waals surface area contributed by atoms with E-state index in [0.717, 1.165) is 17.0 Å². The van der Waals surface area contributed by atoms with Crippen LogP contribution in [0, 0.1) is 11.6 Å². The van der Waals surface area contributed by atoms with Gasteiger partial charge in [0.05, 0.1) is 16.7 Å². The summed E-state index contributed by atoms with van der Waals surface area (Å²) in [5.74, 6) is -6.34. The first-order valence-corrected chi connectivity index (χ1v) is 12.1. The molecule has 6 rings (SSSR count). The number of esters is 2. The molecule has 4 aliphatic heterocycles. The largest absolute Gasteiger partial charge is 1.00 e. The lowest BCUT2D eigenvalue weighted by atomic mass is 10.0. The molecule has 2 aromatic rings. The van der Waals surface area contributed by atoms with E-state index >= 15 is 0 Å². The Labute approximate surface area is 241 Å². The Balaban J connectivity index is 0.000000188. The van der Waals surface area contributed by atoms with Gasteiger partial charge in [-0.1, -0.05) is 12.1 Å². The number of ether oxygens (including phenoxy) is 1. The van der Waals surface area contributed by atoms with Gasteiger partial charge in [-0.25, -0.2) is 18.4 Å². The molecule has 0 saturated carbocycles. The first-order valence-electron chi connectivity index (χ1n) is 12.1. The fourth-order valence-corrected chi connectivity index (χ4v) is 4.30. The van der Waals surface area contributed by atoms with Gasteiger partial charge < -0.3 is 22.9 Å². The lowest BCUT2D eigenvalue weighted by Crippen LogP contribution is -3.00. The van der Waals surface area contributed by atoms with Gasteiger partial charge in [0.2, 0.25) is 17.7 Å². The van der Waals surface area contributed by atoms with E-state index in [-0.39, 0.29) is 65.4 Å². The minimum absolute atomic E-state index is 0. The molecule has 2 aromatic carbocycles. The van der Waals surface area contributed by atoms with Crippen molar-refractivity contribution in [3.63, 3.8) is 0 Å². The molecule has 0 spiro atoms. The molecule has 0 radical (unpaired) electrons. The van der Waals surface area contributed by atoms with Crippen molar-refractivity contribution in [2.75, 3.05) is 0 Å². The maximum Gasteiger partial charge on any atom is 0.349 e. The Morgan fingerprint density at radius 1 is 0.714 bits per heavy atom. The summed E-state index contributed by atoms with van der Waals surface area (Å²) >= 11 is 0. The zero-order valence-corrected chi connectivity index (χ0v) is 22.2. The van der Waals surface area contributed by atoms with Crippen molar-refractivity contribution < 1.29 is 70.0 Å². The van der Waals surface area contributed by atoms with Crippen LogP contribution in [0.5, 0.6) is 0 Å². The van der Waals surface area contributed by atoms with Crippen molar-refractivity contribution in [3.05, 3.63) is 70.3 Å². The predicted molar refractivity (Wildman–Crippen MR) is 128 cm³/mol. The predicted octanol–water partition coefficient (Wildman–Crippen LogP) is -3.60. The fraction of sp³-hybridized carbons (Fsp3) is 0.231. The minimum atomic E-state index is -1.07. The molecule has 5 N–H and O–H groups in total. The number of carbonyl (C=O) groups is 8. The van der Waals surface area contributed by atoms with Gasteiger partial charge in [-0.15, -0.1) is 0 Å². The van der Waals surface area contributed by atoms with Crippen LogP contribution < -0.4 is 28.8 Å². The maximum absolute atomic E-state index is 13.7. The third kappa shape index (κ3) is 6.21. The SMILES string of the molecule is O=C1CCC(N2C(=O)c3cccc(F)c3C2=O)C(=O)N1.O=C1OC(=O)c2c(F)cccc21.[Cl-].[NH3+]C1CCC(=O)NC1=O. The zero-order valence-electron chi connectivity index (χ0n) is 21.4. The van der Waals surface area contributed by atoms with Gasteiger partial charge in [0.1, 0.15) is 23.2 Å². The van der Waals surface area contributed by atoms with Crippen molar-refractivity contribution in [2.45, 2.75) is 37.8 Å². The van der Waals surface area contributed by atoms with Crippen LogP contribution in [-0.4, -0.2) is 64.4 Å². The summed E-state index contributed by atoms with van der Waals surface area (Å²) in [5.41, 5.74) is 2.91. The quantitative estimate of drug-likeness (QED) is 0.167. The highest BCUT2D eigenvalue weighted by Crippen LogP contribution is 2.29. The molecule has 2 saturated heterocycles. The molecular formula is C26H21ClF2N4O9. The van der Waals surface area contributed by atoms with Crippen molar-refractivity contribution in [1.82, 2.24) is 15.5 Å². The smallest absolute Gasteiger partial charge is 0.349 e. The average molecular weight is 607 g/mol. The van der Waals surface area contributed by atoms with Crippen molar-refractivity contribution in [2.24, 2.45) is 0 Å². The van der Waals surface area contributed by atoms with Gasteiger partial charge in [0, 0.05) is 19.3 Å². The number of piperidine rings is 2. The highest BCUT2D eigenvalue weighted by molar-refractivity contribution is 6.23.